The summed E-state index contributed by atoms with van der Waals surface area (Å²) in [6.45, 7) is 3.47. The molecule has 148 valence electrons. The molecule has 1 aliphatic heterocycles. The topological polar surface area (TPSA) is 81.3 Å². The van der Waals surface area contributed by atoms with Gasteiger partial charge in [0.05, 0.1) is 24.4 Å². The Bertz CT molecular complexity index is 990. The van der Waals surface area contributed by atoms with Crippen molar-refractivity contribution in [3.8, 4) is 0 Å². The molecule has 3 heterocycles. The van der Waals surface area contributed by atoms with Gasteiger partial charge in [0.15, 0.2) is 0 Å². The van der Waals surface area contributed by atoms with Crippen LogP contribution in [0.3, 0.4) is 0 Å². The number of anilines is 1. The molecule has 1 atom stereocenters. The van der Waals surface area contributed by atoms with Gasteiger partial charge in [0.2, 0.25) is 0 Å². The van der Waals surface area contributed by atoms with Crippen LogP contribution in [0.4, 0.5) is 5.82 Å². The first-order chi connectivity index (χ1) is 14.1. The molecule has 0 spiro atoms. The zero-order chi connectivity index (χ0) is 20.2. The molecule has 29 heavy (non-hydrogen) atoms. The fourth-order valence-corrected chi connectivity index (χ4v) is 3.59. The number of hydrogen-bond acceptors (Lipinski definition) is 5. The second-order valence-electron chi connectivity index (χ2n) is 7.29. The van der Waals surface area contributed by atoms with E-state index >= 15 is 0 Å². The largest absolute Gasteiger partial charge is 0.384 e. The molecule has 0 aliphatic carbocycles. The van der Waals surface area contributed by atoms with Crippen molar-refractivity contribution in [1.29, 1.82) is 0 Å². The van der Waals surface area contributed by atoms with Crippen molar-refractivity contribution >= 4 is 11.7 Å². The Kier molecular flexibility index (Phi) is 5.53. The molecule has 1 saturated heterocycles. The van der Waals surface area contributed by atoms with Crippen LogP contribution < -0.4 is 5.73 Å². The molecule has 2 aromatic heterocycles. The Morgan fingerprint density at radius 2 is 2.00 bits per heavy atom. The van der Waals surface area contributed by atoms with Crippen LogP contribution in [-0.2, 0) is 11.2 Å². The molecule has 4 rings (SSSR count). The third-order valence-corrected chi connectivity index (χ3v) is 5.00. The molecule has 6 heteroatoms. The van der Waals surface area contributed by atoms with Crippen LogP contribution in [0.5, 0.6) is 0 Å². The van der Waals surface area contributed by atoms with Crippen molar-refractivity contribution < 1.29 is 9.53 Å². The van der Waals surface area contributed by atoms with Crippen molar-refractivity contribution in [2.24, 2.45) is 0 Å². The first-order valence-electron chi connectivity index (χ1n) is 9.72. The Balaban J connectivity index is 1.52. The summed E-state index contributed by atoms with van der Waals surface area (Å²) in [7, 11) is 0. The lowest BCUT2D eigenvalue weighted by Crippen LogP contribution is -2.42. The molecule has 0 radical (unpaired) electrons. The highest BCUT2D eigenvalue weighted by atomic mass is 16.5. The average molecular weight is 388 g/mol. The highest BCUT2D eigenvalue weighted by Crippen LogP contribution is 2.24. The van der Waals surface area contributed by atoms with E-state index in [9.17, 15) is 4.79 Å². The lowest BCUT2D eigenvalue weighted by Gasteiger charge is -2.33. The van der Waals surface area contributed by atoms with Gasteiger partial charge in [0, 0.05) is 18.4 Å². The molecule has 6 nitrogen and oxygen atoms in total. The maximum atomic E-state index is 12.8. The number of nitrogens with two attached hydrogens (primary N) is 1. The van der Waals surface area contributed by atoms with Crippen LogP contribution in [0, 0.1) is 6.92 Å². The molecular formula is C23H24N4O2. The summed E-state index contributed by atoms with van der Waals surface area (Å²) in [5, 5.41) is 0. The molecule has 1 fully saturated rings. The van der Waals surface area contributed by atoms with Crippen molar-refractivity contribution in [3.63, 3.8) is 0 Å². The van der Waals surface area contributed by atoms with Crippen LogP contribution >= 0.6 is 0 Å². The standard InChI is InChI=1S/C23H24N4O2/c1-16-11-18(12-17-5-3-2-4-6-17)13-20(26-16)21-15-27(9-10-29-21)23(28)19-7-8-22(24)25-14-19/h2-8,11,13-14,21H,9-10,12,15H2,1H3,(H2,24,25)/t21-/m1/s1. The number of aromatic nitrogens is 2. The predicted octanol–water partition coefficient (Wildman–Crippen LogP) is 3.17. The van der Waals surface area contributed by atoms with E-state index in [0.717, 1.165) is 17.8 Å². The minimum absolute atomic E-state index is 0.0667. The summed E-state index contributed by atoms with van der Waals surface area (Å²) in [6.07, 6.45) is 2.11. The number of amides is 1. The summed E-state index contributed by atoms with van der Waals surface area (Å²) in [6, 6.07) is 17.9. The lowest BCUT2D eigenvalue weighted by molar-refractivity contribution is -0.0248. The van der Waals surface area contributed by atoms with Gasteiger partial charge >= 0.3 is 0 Å². The van der Waals surface area contributed by atoms with Gasteiger partial charge in [-0.3, -0.25) is 9.78 Å². The lowest BCUT2D eigenvalue weighted by atomic mass is 10.0. The number of carbonyl (C=O) groups is 1. The van der Waals surface area contributed by atoms with Gasteiger partial charge in [-0.25, -0.2) is 4.98 Å². The summed E-state index contributed by atoms with van der Waals surface area (Å²) in [4.78, 5) is 23.3. The Morgan fingerprint density at radius 1 is 1.17 bits per heavy atom. The highest BCUT2D eigenvalue weighted by molar-refractivity contribution is 5.94. The molecule has 1 aliphatic rings. The van der Waals surface area contributed by atoms with Gasteiger partial charge in [-0.15, -0.1) is 0 Å². The molecule has 0 bridgehead atoms. The van der Waals surface area contributed by atoms with Crippen molar-refractivity contribution in [3.05, 3.63) is 88.9 Å². The minimum Gasteiger partial charge on any atom is -0.384 e. The van der Waals surface area contributed by atoms with Gasteiger partial charge in [-0.2, -0.15) is 0 Å². The highest BCUT2D eigenvalue weighted by Gasteiger charge is 2.27. The molecule has 1 aromatic carbocycles. The summed E-state index contributed by atoms with van der Waals surface area (Å²) < 4.78 is 5.97. The number of benzene rings is 1. The predicted molar refractivity (Wildman–Crippen MR) is 111 cm³/mol. The third kappa shape index (κ3) is 4.60. The molecule has 2 N–H and O–H groups in total. The monoisotopic (exact) mass is 388 g/mol. The van der Waals surface area contributed by atoms with Gasteiger partial charge in [-0.1, -0.05) is 30.3 Å². The van der Waals surface area contributed by atoms with Crippen LogP contribution in [-0.4, -0.2) is 40.5 Å². The van der Waals surface area contributed by atoms with Crippen LogP contribution in [0.25, 0.3) is 0 Å². The number of carbonyl (C=O) groups excluding carboxylic acids is 1. The number of aryl methyl sites for hydroxylation is 1. The molecule has 1 amide bonds. The van der Waals surface area contributed by atoms with E-state index in [1.807, 2.05) is 25.1 Å². The summed E-state index contributed by atoms with van der Waals surface area (Å²) in [5.41, 5.74) is 10.4. The number of nitrogen functional groups attached to an aromatic ring is 1. The number of rotatable bonds is 4. The maximum absolute atomic E-state index is 12.8. The van der Waals surface area contributed by atoms with Crippen LogP contribution in [0.1, 0.15) is 39.0 Å². The van der Waals surface area contributed by atoms with E-state index in [1.165, 1.54) is 17.3 Å². The van der Waals surface area contributed by atoms with Crippen molar-refractivity contribution in [2.45, 2.75) is 19.4 Å². The zero-order valence-electron chi connectivity index (χ0n) is 16.4. The second-order valence-corrected chi connectivity index (χ2v) is 7.29. The quantitative estimate of drug-likeness (QED) is 0.742. The van der Waals surface area contributed by atoms with Crippen LogP contribution in [0.2, 0.25) is 0 Å². The van der Waals surface area contributed by atoms with E-state index in [-0.39, 0.29) is 12.0 Å². The summed E-state index contributed by atoms with van der Waals surface area (Å²) in [5.74, 6) is 0.333. The SMILES string of the molecule is Cc1cc(Cc2ccccc2)cc([C@H]2CN(C(=O)c3ccc(N)nc3)CCO2)n1. The van der Waals surface area contributed by atoms with Crippen LogP contribution in [0.15, 0.2) is 60.8 Å². The Morgan fingerprint density at radius 3 is 2.76 bits per heavy atom. The molecular weight excluding hydrogens is 364 g/mol. The maximum Gasteiger partial charge on any atom is 0.255 e. The molecule has 0 saturated carbocycles. The smallest absolute Gasteiger partial charge is 0.255 e. The average Bonchev–Trinajstić information content (AvgIpc) is 2.74. The summed E-state index contributed by atoms with van der Waals surface area (Å²) >= 11 is 0. The van der Waals surface area contributed by atoms with Gasteiger partial charge in [0.25, 0.3) is 5.91 Å². The van der Waals surface area contributed by atoms with E-state index in [4.69, 9.17) is 10.5 Å². The third-order valence-electron chi connectivity index (χ3n) is 5.00. The van der Waals surface area contributed by atoms with E-state index < -0.39 is 0 Å². The van der Waals surface area contributed by atoms with Crippen molar-refractivity contribution in [2.75, 3.05) is 25.4 Å². The van der Waals surface area contributed by atoms with Gasteiger partial charge in [0.1, 0.15) is 11.9 Å². The fourth-order valence-electron chi connectivity index (χ4n) is 3.59. The number of pyridine rings is 2. The molecule has 0 unspecified atom stereocenters. The fraction of sp³-hybridized carbons (Fsp3) is 0.261. The minimum atomic E-state index is -0.246. The van der Waals surface area contributed by atoms with E-state index in [2.05, 4.69) is 34.2 Å². The van der Waals surface area contributed by atoms with E-state index in [1.54, 1.807) is 17.0 Å². The number of nitrogens with zero attached hydrogens (tertiary/aromatic N) is 3. The van der Waals surface area contributed by atoms with Gasteiger partial charge < -0.3 is 15.4 Å². The number of morpholine rings is 1. The molecule has 3 aromatic rings. The number of hydrogen-bond donors (Lipinski definition) is 1. The Labute approximate surface area is 170 Å². The Hall–Kier alpha value is -3.25. The first kappa shape index (κ1) is 19.1. The first-order valence-corrected chi connectivity index (χ1v) is 9.72. The number of ether oxygens (including phenoxy) is 1. The van der Waals surface area contributed by atoms with Crippen molar-refractivity contribution in [1.82, 2.24) is 14.9 Å². The second kappa shape index (κ2) is 8.41. The zero-order valence-corrected chi connectivity index (χ0v) is 16.4. The van der Waals surface area contributed by atoms with E-state index in [0.29, 0.717) is 31.1 Å². The normalized spacial score (nSPS) is 16.6. The van der Waals surface area contributed by atoms with Gasteiger partial charge in [-0.05, 0) is 48.7 Å².